The summed E-state index contributed by atoms with van der Waals surface area (Å²) in [6.45, 7) is 4.11. The first-order valence-electron chi connectivity index (χ1n) is 5.79. The molecule has 0 aliphatic rings. The van der Waals surface area contributed by atoms with Crippen LogP contribution in [0, 0.1) is 11.3 Å². The Hall–Kier alpha value is -2.07. The molecule has 0 unspecified atom stereocenters. The first kappa shape index (κ1) is 16.9. The van der Waals surface area contributed by atoms with Gasteiger partial charge < -0.3 is 19.6 Å². The lowest BCUT2D eigenvalue weighted by Crippen LogP contribution is -2.46. The van der Waals surface area contributed by atoms with Crippen LogP contribution in [0.4, 0.5) is 4.79 Å². The van der Waals surface area contributed by atoms with E-state index < -0.39 is 18.5 Å². The number of nitriles is 1. The summed E-state index contributed by atoms with van der Waals surface area (Å²) in [5.41, 5.74) is 0. The molecule has 7 nitrogen and oxygen atoms in total. The maximum Gasteiger partial charge on any atom is 0.323 e. The van der Waals surface area contributed by atoms with Crippen LogP contribution in [0.5, 0.6) is 0 Å². The summed E-state index contributed by atoms with van der Waals surface area (Å²) in [6, 6.07) is 1.52. The van der Waals surface area contributed by atoms with Crippen LogP contribution in [-0.4, -0.2) is 66.8 Å². The first-order chi connectivity index (χ1) is 9.06. The fraction of sp³-hybridized carbons (Fsp3) is 0.583. The third-order valence-electron chi connectivity index (χ3n) is 2.28. The molecule has 19 heavy (non-hydrogen) atoms. The summed E-state index contributed by atoms with van der Waals surface area (Å²) >= 11 is 0. The minimum absolute atomic E-state index is 0.140. The highest BCUT2D eigenvalue weighted by Gasteiger charge is 2.21. The van der Waals surface area contributed by atoms with Gasteiger partial charge in [-0.2, -0.15) is 5.26 Å². The van der Waals surface area contributed by atoms with E-state index in [1.54, 1.807) is 0 Å². The molecule has 0 atom stereocenters. The predicted molar refractivity (Wildman–Crippen MR) is 68.5 cm³/mol. The third-order valence-corrected chi connectivity index (χ3v) is 2.28. The summed E-state index contributed by atoms with van der Waals surface area (Å²) in [7, 11) is 1.51. The molecule has 7 heteroatoms. The van der Waals surface area contributed by atoms with Crippen molar-refractivity contribution in [2.75, 3.05) is 39.9 Å². The van der Waals surface area contributed by atoms with Gasteiger partial charge in [-0.1, -0.05) is 6.08 Å². The third kappa shape index (κ3) is 7.06. The quantitative estimate of drug-likeness (QED) is 0.616. The van der Waals surface area contributed by atoms with Crippen molar-refractivity contribution in [1.29, 1.82) is 5.26 Å². The monoisotopic (exact) mass is 269 g/mol. The summed E-state index contributed by atoms with van der Waals surface area (Å²) in [5, 5.41) is 17.3. The van der Waals surface area contributed by atoms with Crippen LogP contribution >= 0.6 is 0 Å². The van der Waals surface area contributed by atoms with Gasteiger partial charge in [-0.25, -0.2) is 4.79 Å². The van der Waals surface area contributed by atoms with Crippen molar-refractivity contribution < 1.29 is 19.4 Å². The molecule has 0 aromatic heterocycles. The molecule has 0 heterocycles. The molecule has 0 saturated carbocycles. The molecule has 0 aromatic rings. The van der Waals surface area contributed by atoms with E-state index in [2.05, 4.69) is 6.58 Å². The van der Waals surface area contributed by atoms with Crippen molar-refractivity contribution in [3.63, 3.8) is 0 Å². The van der Waals surface area contributed by atoms with Gasteiger partial charge in [0.1, 0.15) is 6.54 Å². The lowest BCUT2D eigenvalue weighted by atomic mass is 10.4. The Bertz CT molecular complexity index is 351. The van der Waals surface area contributed by atoms with Gasteiger partial charge in [0.2, 0.25) is 0 Å². The van der Waals surface area contributed by atoms with Crippen molar-refractivity contribution in [2.24, 2.45) is 0 Å². The Balaban J connectivity index is 4.72. The number of rotatable bonds is 9. The minimum atomic E-state index is -1.10. The van der Waals surface area contributed by atoms with Crippen molar-refractivity contribution in [1.82, 2.24) is 9.80 Å². The van der Waals surface area contributed by atoms with E-state index in [0.717, 1.165) is 4.90 Å². The molecule has 0 spiro atoms. The Morgan fingerprint density at radius 3 is 2.58 bits per heavy atom. The number of ether oxygens (including phenoxy) is 1. The van der Waals surface area contributed by atoms with Gasteiger partial charge in [-0.3, -0.25) is 4.79 Å². The number of carboxylic acids is 1. The maximum atomic E-state index is 12.2. The highest BCUT2D eigenvalue weighted by molar-refractivity contribution is 5.80. The lowest BCUT2D eigenvalue weighted by molar-refractivity contribution is -0.137. The van der Waals surface area contributed by atoms with E-state index in [-0.39, 0.29) is 19.5 Å². The van der Waals surface area contributed by atoms with E-state index in [4.69, 9.17) is 15.1 Å². The zero-order chi connectivity index (χ0) is 14.7. The average molecular weight is 269 g/mol. The normalized spacial score (nSPS) is 9.47. The smallest absolute Gasteiger partial charge is 0.323 e. The van der Waals surface area contributed by atoms with E-state index in [9.17, 15) is 9.59 Å². The number of methoxy groups -OCH3 is 1. The molecule has 0 rings (SSSR count). The second kappa shape index (κ2) is 9.91. The molecule has 0 aliphatic heterocycles. The number of hydrogen-bond donors (Lipinski definition) is 1. The standard InChI is InChI=1S/C12H19N3O4/c1-3-6-15(10-11(16)17)12(18)14(7-4-5-13)8-9-19-2/h3H,1,4,6-10H2,2H3,(H,16,17). The average Bonchev–Trinajstić information content (AvgIpc) is 2.37. The van der Waals surface area contributed by atoms with E-state index in [0.29, 0.717) is 13.2 Å². The molecule has 0 bridgehead atoms. The Morgan fingerprint density at radius 1 is 1.42 bits per heavy atom. The second-order valence-electron chi connectivity index (χ2n) is 3.73. The molecule has 1 N–H and O–H groups in total. The van der Waals surface area contributed by atoms with Crippen molar-refractivity contribution in [2.45, 2.75) is 6.42 Å². The van der Waals surface area contributed by atoms with Crippen LogP contribution in [0.1, 0.15) is 6.42 Å². The number of carbonyl (C=O) groups is 2. The minimum Gasteiger partial charge on any atom is -0.480 e. The summed E-state index contributed by atoms with van der Waals surface area (Å²) in [5.74, 6) is -1.10. The van der Waals surface area contributed by atoms with Crippen LogP contribution in [0.15, 0.2) is 12.7 Å². The van der Waals surface area contributed by atoms with Gasteiger partial charge >= 0.3 is 12.0 Å². The van der Waals surface area contributed by atoms with Gasteiger partial charge in [0, 0.05) is 26.7 Å². The number of carbonyl (C=O) groups excluding carboxylic acids is 1. The number of amides is 2. The molecule has 0 saturated heterocycles. The molecule has 106 valence electrons. The fourth-order valence-electron chi connectivity index (χ4n) is 1.42. The number of hydrogen-bond acceptors (Lipinski definition) is 4. The fourth-order valence-corrected chi connectivity index (χ4v) is 1.42. The van der Waals surface area contributed by atoms with Gasteiger partial charge in [0.25, 0.3) is 0 Å². The lowest BCUT2D eigenvalue weighted by Gasteiger charge is -2.28. The molecule has 0 radical (unpaired) electrons. The highest BCUT2D eigenvalue weighted by Crippen LogP contribution is 2.01. The van der Waals surface area contributed by atoms with E-state index >= 15 is 0 Å². The summed E-state index contributed by atoms with van der Waals surface area (Å²) in [6.07, 6.45) is 1.64. The summed E-state index contributed by atoms with van der Waals surface area (Å²) in [4.78, 5) is 25.4. The van der Waals surface area contributed by atoms with E-state index in [1.165, 1.54) is 18.1 Å². The topological polar surface area (TPSA) is 93.9 Å². The van der Waals surface area contributed by atoms with Crippen molar-refractivity contribution in [3.8, 4) is 6.07 Å². The van der Waals surface area contributed by atoms with Crippen molar-refractivity contribution in [3.05, 3.63) is 12.7 Å². The Kier molecular flexibility index (Phi) is 8.83. The number of aliphatic carboxylic acids is 1. The van der Waals surface area contributed by atoms with Crippen LogP contribution < -0.4 is 0 Å². The molecule has 2 amide bonds. The van der Waals surface area contributed by atoms with Crippen molar-refractivity contribution >= 4 is 12.0 Å². The molecule has 0 aromatic carbocycles. The van der Waals surface area contributed by atoms with E-state index in [1.807, 2.05) is 6.07 Å². The molecular weight excluding hydrogens is 250 g/mol. The predicted octanol–water partition coefficient (Wildman–Crippen LogP) is 0.541. The molecule has 0 aliphatic carbocycles. The zero-order valence-corrected chi connectivity index (χ0v) is 11.0. The zero-order valence-electron chi connectivity index (χ0n) is 11.0. The van der Waals surface area contributed by atoms with Gasteiger partial charge in [-0.05, 0) is 0 Å². The van der Waals surface area contributed by atoms with Crippen LogP contribution in [-0.2, 0) is 9.53 Å². The van der Waals surface area contributed by atoms with Gasteiger partial charge in [-0.15, -0.1) is 6.58 Å². The number of carboxylic acid groups (broad SMARTS) is 1. The summed E-state index contributed by atoms with van der Waals surface area (Å²) < 4.78 is 4.89. The second-order valence-corrected chi connectivity index (χ2v) is 3.73. The van der Waals surface area contributed by atoms with Crippen LogP contribution in [0.25, 0.3) is 0 Å². The number of nitrogens with zero attached hydrogens (tertiary/aromatic N) is 3. The SMILES string of the molecule is C=CCN(CC(=O)O)C(=O)N(CCC#N)CCOC. The highest BCUT2D eigenvalue weighted by atomic mass is 16.5. The number of urea groups is 1. The van der Waals surface area contributed by atoms with Gasteiger partial charge in [0.15, 0.2) is 0 Å². The molecular formula is C12H19N3O4. The maximum absolute atomic E-state index is 12.2. The first-order valence-corrected chi connectivity index (χ1v) is 5.79. The van der Waals surface area contributed by atoms with Gasteiger partial charge in [0.05, 0.1) is 19.1 Å². The molecule has 0 fully saturated rings. The van der Waals surface area contributed by atoms with Crippen LogP contribution in [0.2, 0.25) is 0 Å². The largest absolute Gasteiger partial charge is 0.480 e. The van der Waals surface area contributed by atoms with Crippen LogP contribution in [0.3, 0.4) is 0 Å². The Labute approximate surface area is 112 Å². The Morgan fingerprint density at radius 2 is 2.11 bits per heavy atom.